The number of halogens is 1. The van der Waals surface area contributed by atoms with Crippen LogP contribution in [0.2, 0.25) is 5.02 Å². The molecule has 0 heterocycles. The van der Waals surface area contributed by atoms with Gasteiger partial charge in [0, 0.05) is 10.4 Å². The van der Waals surface area contributed by atoms with Crippen molar-refractivity contribution in [2.75, 3.05) is 0 Å². The van der Waals surface area contributed by atoms with Gasteiger partial charge in [0.1, 0.15) is 0 Å². The quantitative estimate of drug-likeness (QED) is 0.533. The largest absolute Gasteiger partial charge is 0.388 e. The molecule has 4 fully saturated rings. The Morgan fingerprint density at radius 3 is 2.61 bits per heavy atom. The highest BCUT2D eigenvalue weighted by Crippen LogP contribution is 2.67. The van der Waals surface area contributed by atoms with E-state index in [2.05, 4.69) is 26.0 Å². The predicted molar refractivity (Wildman–Crippen MR) is 117 cm³/mol. The Morgan fingerprint density at radius 2 is 1.79 bits per heavy atom. The topological polar surface area (TPSA) is 20.2 Å². The molecule has 2 heteroatoms. The third-order valence-corrected chi connectivity index (χ3v) is 10.0. The van der Waals surface area contributed by atoms with Crippen LogP contribution in [0.3, 0.4) is 0 Å². The molecule has 7 atom stereocenters. The summed E-state index contributed by atoms with van der Waals surface area (Å²) >= 11 is 6.42. The van der Waals surface area contributed by atoms with E-state index in [1.807, 2.05) is 18.2 Å². The SMILES string of the molecule is C[C@]12CCCC[C@@H]1CC[C@H]1[C@H]2CC[C@@]2(C)[C@@H]1C/C(=C/c1ccccc1Cl)[C@@H]2O. The molecule has 1 nitrogen and oxygen atoms in total. The maximum absolute atomic E-state index is 11.4. The van der Waals surface area contributed by atoms with Gasteiger partial charge >= 0.3 is 0 Å². The molecule has 0 spiro atoms. The minimum atomic E-state index is -0.313. The average molecular weight is 399 g/mol. The van der Waals surface area contributed by atoms with Crippen LogP contribution in [0, 0.1) is 34.5 Å². The van der Waals surface area contributed by atoms with Gasteiger partial charge in [-0.15, -0.1) is 0 Å². The Bertz CT molecular complexity index is 784. The fraction of sp³-hybridized carbons (Fsp3) is 0.692. The highest BCUT2D eigenvalue weighted by Gasteiger charge is 2.60. The zero-order chi connectivity index (χ0) is 19.5. The van der Waals surface area contributed by atoms with Gasteiger partial charge in [-0.2, -0.15) is 0 Å². The summed E-state index contributed by atoms with van der Waals surface area (Å²) in [5, 5.41) is 12.2. The first kappa shape index (κ1) is 19.2. The second kappa shape index (κ2) is 6.88. The van der Waals surface area contributed by atoms with Gasteiger partial charge in [0.25, 0.3) is 0 Å². The summed E-state index contributed by atoms with van der Waals surface area (Å²) in [7, 11) is 0. The molecule has 0 bridgehead atoms. The summed E-state index contributed by atoms with van der Waals surface area (Å²) < 4.78 is 0. The molecular formula is C26H35ClO. The van der Waals surface area contributed by atoms with E-state index >= 15 is 0 Å². The van der Waals surface area contributed by atoms with E-state index in [1.54, 1.807) is 0 Å². The number of rotatable bonds is 1. The van der Waals surface area contributed by atoms with Gasteiger partial charge in [0.15, 0.2) is 0 Å². The first-order valence-corrected chi connectivity index (χ1v) is 11.9. The lowest BCUT2D eigenvalue weighted by Crippen LogP contribution is -2.53. The van der Waals surface area contributed by atoms with Crippen molar-refractivity contribution in [3.8, 4) is 0 Å². The molecule has 0 amide bonds. The molecule has 0 saturated heterocycles. The zero-order valence-electron chi connectivity index (χ0n) is 17.5. The van der Waals surface area contributed by atoms with E-state index < -0.39 is 0 Å². The lowest BCUT2D eigenvalue weighted by Gasteiger charge is -2.60. The number of benzene rings is 1. The maximum Gasteiger partial charge on any atom is 0.0809 e. The lowest BCUT2D eigenvalue weighted by atomic mass is 9.45. The minimum absolute atomic E-state index is 0.0477. The molecule has 5 rings (SSSR count). The fourth-order valence-electron chi connectivity index (χ4n) is 8.09. The van der Waals surface area contributed by atoms with Crippen molar-refractivity contribution in [2.45, 2.75) is 77.7 Å². The monoisotopic (exact) mass is 398 g/mol. The Kier molecular flexibility index (Phi) is 4.71. The molecule has 4 aliphatic rings. The van der Waals surface area contributed by atoms with Crippen LogP contribution in [0.25, 0.3) is 6.08 Å². The van der Waals surface area contributed by atoms with Crippen LogP contribution in [0.15, 0.2) is 29.8 Å². The number of hydrogen-bond acceptors (Lipinski definition) is 1. The summed E-state index contributed by atoms with van der Waals surface area (Å²) in [4.78, 5) is 0. The second-order valence-corrected chi connectivity index (χ2v) is 11.2. The first-order valence-electron chi connectivity index (χ1n) is 11.6. The highest BCUT2D eigenvalue weighted by atomic mass is 35.5. The van der Waals surface area contributed by atoms with Crippen molar-refractivity contribution in [2.24, 2.45) is 34.5 Å². The maximum atomic E-state index is 11.4. The summed E-state index contributed by atoms with van der Waals surface area (Å²) in [5.74, 6) is 3.26. The van der Waals surface area contributed by atoms with Crippen molar-refractivity contribution < 1.29 is 5.11 Å². The third-order valence-electron chi connectivity index (χ3n) is 9.70. The molecule has 152 valence electrons. The number of fused-ring (bicyclic) bond motifs is 5. The van der Waals surface area contributed by atoms with Gasteiger partial charge in [-0.1, -0.05) is 62.6 Å². The highest BCUT2D eigenvalue weighted by molar-refractivity contribution is 6.32. The van der Waals surface area contributed by atoms with Gasteiger partial charge in [0.2, 0.25) is 0 Å². The van der Waals surface area contributed by atoms with Crippen LogP contribution in [-0.2, 0) is 0 Å². The summed E-state index contributed by atoms with van der Waals surface area (Å²) in [6, 6.07) is 8.04. The Morgan fingerprint density at radius 1 is 0.964 bits per heavy atom. The van der Waals surface area contributed by atoms with Gasteiger partial charge in [0.05, 0.1) is 6.10 Å². The Balaban J connectivity index is 1.47. The molecule has 1 aromatic carbocycles. The third kappa shape index (κ3) is 2.76. The van der Waals surface area contributed by atoms with Crippen molar-refractivity contribution in [1.29, 1.82) is 0 Å². The van der Waals surface area contributed by atoms with E-state index in [-0.39, 0.29) is 11.5 Å². The van der Waals surface area contributed by atoms with Crippen molar-refractivity contribution >= 4 is 17.7 Å². The van der Waals surface area contributed by atoms with E-state index in [9.17, 15) is 5.11 Å². The molecule has 1 aromatic rings. The number of hydrogen-bond donors (Lipinski definition) is 1. The molecule has 4 aliphatic carbocycles. The molecule has 0 radical (unpaired) electrons. The lowest BCUT2D eigenvalue weighted by molar-refractivity contribution is -0.119. The average Bonchev–Trinajstić information content (AvgIpc) is 2.94. The van der Waals surface area contributed by atoms with Gasteiger partial charge in [-0.3, -0.25) is 0 Å². The van der Waals surface area contributed by atoms with Gasteiger partial charge in [-0.25, -0.2) is 0 Å². The Labute approximate surface area is 175 Å². The van der Waals surface area contributed by atoms with Crippen LogP contribution in [0.1, 0.15) is 77.2 Å². The molecule has 28 heavy (non-hydrogen) atoms. The number of aliphatic hydroxyl groups is 1. The minimum Gasteiger partial charge on any atom is -0.388 e. The predicted octanol–water partition coefficient (Wildman–Crippen LogP) is 7.13. The van der Waals surface area contributed by atoms with Crippen molar-refractivity contribution in [3.05, 3.63) is 40.4 Å². The molecule has 0 unspecified atom stereocenters. The summed E-state index contributed by atoms with van der Waals surface area (Å²) in [6.07, 6.45) is 14.0. The summed E-state index contributed by atoms with van der Waals surface area (Å²) in [5.41, 5.74) is 2.88. The molecule has 0 aliphatic heterocycles. The van der Waals surface area contributed by atoms with E-state index in [0.717, 1.165) is 34.8 Å². The van der Waals surface area contributed by atoms with E-state index in [1.165, 1.54) is 56.9 Å². The fourth-order valence-corrected chi connectivity index (χ4v) is 8.28. The zero-order valence-corrected chi connectivity index (χ0v) is 18.2. The van der Waals surface area contributed by atoms with E-state index in [4.69, 9.17) is 11.6 Å². The smallest absolute Gasteiger partial charge is 0.0809 e. The van der Waals surface area contributed by atoms with Crippen LogP contribution < -0.4 is 0 Å². The van der Waals surface area contributed by atoms with Gasteiger partial charge in [-0.05, 0) is 91.2 Å². The van der Waals surface area contributed by atoms with Crippen LogP contribution in [0.5, 0.6) is 0 Å². The van der Waals surface area contributed by atoms with Gasteiger partial charge < -0.3 is 5.11 Å². The molecular weight excluding hydrogens is 364 g/mol. The summed E-state index contributed by atoms with van der Waals surface area (Å²) in [6.45, 7) is 5.00. The number of aliphatic hydroxyl groups excluding tert-OH is 1. The normalized spacial score (nSPS) is 46.7. The van der Waals surface area contributed by atoms with Crippen molar-refractivity contribution in [3.63, 3.8) is 0 Å². The molecule has 0 aromatic heterocycles. The Hall–Kier alpha value is -0.790. The van der Waals surface area contributed by atoms with Crippen LogP contribution >= 0.6 is 11.6 Å². The molecule has 4 saturated carbocycles. The second-order valence-electron chi connectivity index (χ2n) is 10.8. The van der Waals surface area contributed by atoms with Crippen LogP contribution in [-0.4, -0.2) is 11.2 Å². The first-order chi connectivity index (χ1) is 13.4. The van der Waals surface area contributed by atoms with E-state index in [0.29, 0.717) is 11.3 Å². The van der Waals surface area contributed by atoms with Crippen LogP contribution in [0.4, 0.5) is 0 Å². The van der Waals surface area contributed by atoms with Crippen molar-refractivity contribution in [1.82, 2.24) is 0 Å². The molecule has 1 N–H and O–H groups in total. The standard InChI is InChI=1S/C26H35ClO/c1-25-13-6-5-8-19(25)10-11-20-21(25)12-14-26(2)22(20)16-18(24(26)28)15-17-7-3-4-9-23(17)27/h3-4,7,9,15,19-22,24,28H,5-6,8,10-14,16H2,1-2H3/b18-15-/t19-,20+,21-,22-,24+,25+,26+/m1/s1.